The molecule has 0 aliphatic carbocycles. The van der Waals surface area contributed by atoms with Crippen molar-refractivity contribution in [3.8, 4) is 22.3 Å². The fourth-order valence-electron chi connectivity index (χ4n) is 5.89. The molecule has 4 aromatic carbocycles. The SMILES string of the molecule is CCC(=C\c1oc2ccc(-c3ccccc3)cc2[n+]1CCS(=O)(=O)[O-])/C=C1\Cc2ccc(-c3ccccc3)cc2N1CCS(=O)(=O)[O-]. The second-order valence-electron chi connectivity index (χ2n) is 11.4. The quantitative estimate of drug-likeness (QED) is 0.126. The van der Waals surface area contributed by atoms with E-state index in [1.54, 1.807) is 4.57 Å². The summed E-state index contributed by atoms with van der Waals surface area (Å²) in [6.07, 6.45) is 4.86. The van der Waals surface area contributed by atoms with Crippen molar-refractivity contribution in [1.82, 2.24) is 0 Å². The van der Waals surface area contributed by atoms with E-state index >= 15 is 0 Å². The number of rotatable bonds is 11. The van der Waals surface area contributed by atoms with Crippen molar-refractivity contribution in [3.63, 3.8) is 0 Å². The molecule has 1 aliphatic rings. The van der Waals surface area contributed by atoms with Crippen LogP contribution >= 0.6 is 0 Å². The molecule has 0 saturated heterocycles. The third-order valence-corrected chi connectivity index (χ3v) is 9.60. The molecule has 0 radical (unpaired) electrons. The predicted octanol–water partition coefficient (Wildman–Crippen LogP) is 5.88. The van der Waals surface area contributed by atoms with E-state index in [-0.39, 0.29) is 13.1 Å². The highest BCUT2D eigenvalue weighted by molar-refractivity contribution is 7.85. The van der Waals surface area contributed by atoms with Gasteiger partial charge in [0.1, 0.15) is 10.1 Å². The smallest absolute Gasteiger partial charge is 0.374 e. The molecule has 5 aromatic rings. The Hall–Kier alpha value is -4.55. The molecule has 0 N–H and O–H groups in total. The summed E-state index contributed by atoms with van der Waals surface area (Å²) in [4.78, 5) is 1.88. The lowest BCUT2D eigenvalue weighted by Crippen LogP contribution is -2.38. The van der Waals surface area contributed by atoms with Crippen LogP contribution in [-0.4, -0.2) is 44.0 Å². The molecule has 0 bridgehead atoms. The van der Waals surface area contributed by atoms with Gasteiger partial charge in [0.15, 0.2) is 6.54 Å². The van der Waals surface area contributed by atoms with Crippen molar-refractivity contribution in [3.05, 3.63) is 126 Å². The molecule has 47 heavy (non-hydrogen) atoms. The van der Waals surface area contributed by atoms with Gasteiger partial charge in [0.25, 0.3) is 5.52 Å². The summed E-state index contributed by atoms with van der Waals surface area (Å²) in [5, 5.41) is 0. The second kappa shape index (κ2) is 13.3. The number of hydrogen-bond donors (Lipinski definition) is 0. The number of oxazole rings is 1. The summed E-state index contributed by atoms with van der Waals surface area (Å²) in [6.45, 7) is 1.86. The van der Waals surface area contributed by atoms with E-state index < -0.39 is 31.7 Å². The van der Waals surface area contributed by atoms with Gasteiger partial charge in [-0.15, -0.1) is 0 Å². The highest BCUT2D eigenvalue weighted by Gasteiger charge is 2.27. The Balaban J connectivity index is 1.42. The van der Waals surface area contributed by atoms with Crippen LogP contribution < -0.4 is 9.47 Å². The van der Waals surface area contributed by atoms with Crippen molar-refractivity contribution in [1.29, 1.82) is 0 Å². The summed E-state index contributed by atoms with van der Waals surface area (Å²) in [7, 11) is -8.98. The zero-order chi connectivity index (χ0) is 33.2. The molecule has 2 heterocycles. The van der Waals surface area contributed by atoms with Crippen LogP contribution in [0.3, 0.4) is 0 Å². The van der Waals surface area contributed by atoms with Gasteiger partial charge in [-0.3, -0.25) is 0 Å². The molecule has 242 valence electrons. The number of nitrogens with zero attached hydrogens (tertiary/aromatic N) is 2. The average Bonchev–Trinajstić information content (AvgIpc) is 3.58. The maximum Gasteiger partial charge on any atom is 0.374 e. The molecule has 9 nitrogen and oxygen atoms in total. The minimum Gasteiger partial charge on any atom is -0.748 e. The van der Waals surface area contributed by atoms with Gasteiger partial charge in [0.05, 0.1) is 27.7 Å². The van der Waals surface area contributed by atoms with E-state index in [2.05, 4.69) is 0 Å². The standard InChI is InChI=1S/C36H34N2O7S2/c1-2-26(21-32-23-31-14-13-29(27-9-5-3-6-10-27)24-33(31)37(32)17-19-46(39,40)41)22-36-38(18-20-47(42,43)44)34-25-30(15-16-35(34)45-36)28-11-7-4-8-12-28/h3-16,21-22,24-25H,2,17-20,23H2,1H3,(H-,39,40,41,42,43,44)/p-1. The van der Waals surface area contributed by atoms with Gasteiger partial charge in [-0.25, -0.2) is 16.8 Å². The molecular weight excluding hydrogens is 637 g/mol. The Kier molecular flexibility index (Phi) is 9.16. The fourth-order valence-corrected chi connectivity index (χ4v) is 6.70. The van der Waals surface area contributed by atoms with Crippen molar-refractivity contribution in [2.75, 3.05) is 23.0 Å². The number of aromatic nitrogens is 1. The lowest BCUT2D eigenvalue weighted by molar-refractivity contribution is -0.673. The van der Waals surface area contributed by atoms with Crippen LogP contribution in [0.4, 0.5) is 5.69 Å². The molecule has 11 heteroatoms. The van der Waals surface area contributed by atoms with Gasteiger partial charge in [-0.2, -0.15) is 4.57 Å². The van der Waals surface area contributed by atoms with E-state index in [1.165, 1.54) is 0 Å². The molecule has 1 aliphatic heterocycles. The number of hydrogen-bond acceptors (Lipinski definition) is 8. The normalized spacial score (nSPS) is 14.7. The molecule has 6 rings (SSSR count). The highest BCUT2D eigenvalue weighted by Crippen LogP contribution is 2.38. The van der Waals surface area contributed by atoms with Gasteiger partial charge < -0.3 is 18.4 Å². The number of aryl methyl sites for hydroxylation is 1. The number of allylic oxidation sites excluding steroid dienone is 3. The molecule has 0 spiro atoms. The lowest BCUT2D eigenvalue weighted by Gasteiger charge is -2.23. The molecule has 0 fully saturated rings. The predicted molar refractivity (Wildman–Crippen MR) is 180 cm³/mol. The zero-order valence-corrected chi connectivity index (χ0v) is 27.3. The van der Waals surface area contributed by atoms with Crippen molar-refractivity contribution in [2.24, 2.45) is 0 Å². The Morgan fingerprint density at radius 1 is 0.809 bits per heavy atom. The first-order valence-electron chi connectivity index (χ1n) is 15.2. The van der Waals surface area contributed by atoms with Crippen LogP contribution in [0.25, 0.3) is 39.4 Å². The van der Waals surface area contributed by atoms with Gasteiger partial charge in [0, 0.05) is 30.4 Å². The topological polar surface area (TPSA) is 135 Å². The first kappa shape index (κ1) is 32.4. The monoisotopic (exact) mass is 669 g/mol. The molecular formula is C36H33N2O7S2-. The van der Waals surface area contributed by atoms with Crippen molar-refractivity contribution < 1.29 is 34.9 Å². The third kappa shape index (κ3) is 7.71. The zero-order valence-electron chi connectivity index (χ0n) is 25.7. The maximum absolute atomic E-state index is 11.7. The molecule has 0 saturated carbocycles. The molecule has 0 atom stereocenters. The van der Waals surface area contributed by atoms with Crippen LogP contribution in [0.2, 0.25) is 0 Å². The van der Waals surface area contributed by atoms with E-state index in [1.807, 2.05) is 121 Å². The van der Waals surface area contributed by atoms with Crippen molar-refractivity contribution in [2.45, 2.75) is 26.3 Å². The molecule has 1 aromatic heterocycles. The summed E-state index contributed by atoms with van der Waals surface area (Å²) in [5.74, 6) is -0.790. The van der Waals surface area contributed by atoms with Crippen LogP contribution in [0.1, 0.15) is 24.8 Å². The van der Waals surface area contributed by atoms with Crippen LogP contribution in [-0.2, 0) is 33.2 Å². The highest BCUT2D eigenvalue weighted by atomic mass is 32.2. The van der Waals surface area contributed by atoms with E-state index in [0.29, 0.717) is 29.8 Å². The maximum atomic E-state index is 11.7. The summed E-state index contributed by atoms with van der Waals surface area (Å²) < 4.78 is 78.0. The second-order valence-corrected chi connectivity index (χ2v) is 14.5. The van der Waals surface area contributed by atoms with E-state index in [4.69, 9.17) is 4.42 Å². The average molecular weight is 670 g/mol. The van der Waals surface area contributed by atoms with Crippen LogP contribution in [0.15, 0.2) is 119 Å². The molecule has 0 amide bonds. The summed E-state index contributed by atoms with van der Waals surface area (Å²) in [6, 6.07) is 31.3. The summed E-state index contributed by atoms with van der Waals surface area (Å²) >= 11 is 0. The first-order chi connectivity index (χ1) is 22.5. The van der Waals surface area contributed by atoms with Gasteiger partial charge in [0.2, 0.25) is 5.58 Å². The van der Waals surface area contributed by atoms with Crippen molar-refractivity contribution >= 4 is 43.1 Å². The van der Waals surface area contributed by atoms with Gasteiger partial charge in [-0.1, -0.05) is 85.8 Å². The third-order valence-electron chi connectivity index (χ3n) is 8.24. The Morgan fingerprint density at radius 3 is 2.04 bits per heavy atom. The lowest BCUT2D eigenvalue weighted by atomic mass is 10.0. The van der Waals surface area contributed by atoms with Crippen LogP contribution in [0, 0.1) is 0 Å². The molecule has 0 unspecified atom stereocenters. The largest absolute Gasteiger partial charge is 0.748 e. The van der Waals surface area contributed by atoms with Gasteiger partial charge >= 0.3 is 5.89 Å². The summed E-state index contributed by atoms with van der Waals surface area (Å²) in [5.41, 5.74) is 8.54. The Bertz CT molecular complexity index is 2210. The Morgan fingerprint density at radius 2 is 1.43 bits per heavy atom. The first-order valence-corrected chi connectivity index (χ1v) is 18.4. The fraction of sp³-hybridized carbons (Fsp3) is 0.194. The van der Waals surface area contributed by atoms with E-state index in [9.17, 15) is 25.9 Å². The van der Waals surface area contributed by atoms with E-state index in [0.717, 1.165) is 44.8 Å². The minimum atomic E-state index is -4.51. The van der Waals surface area contributed by atoms with Crippen LogP contribution in [0.5, 0.6) is 0 Å². The number of fused-ring (bicyclic) bond motifs is 2. The number of anilines is 1. The van der Waals surface area contributed by atoms with Gasteiger partial charge in [-0.05, 0) is 58.0 Å². The Labute approximate surface area is 274 Å². The minimum absolute atomic E-state index is 0.00579. The number of benzene rings is 4.